The summed E-state index contributed by atoms with van der Waals surface area (Å²) in [6.45, 7) is 2.64. The maximum atomic E-state index is 11.5. The third kappa shape index (κ3) is 8.68. The van der Waals surface area contributed by atoms with Crippen LogP contribution in [0.2, 0.25) is 0 Å². The minimum absolute atomic E-state index is 0.0122. The molecule has 1 aromatic carbocycles. The summed E-state index contributed by atoms with van der Waals surface area (Å²) in [5, 5.41) is 5.34. The number of hydrogen-bond acceptors (Lipinski definition) is 3. The Balaban J connectivity index is 2.03. The highest BCUT2D eigenvalue weighted by Gasteiger charge is 2.04. The zero-order valence-electron chi connectivity index (χ0n) is 12.6. The van der Waals surface area contributed by atoms with Crippen molar-refractivity contribution in [2.75, 3.05) is 18.5 Å². The number of rotatable bonds is 9. The lowest BCUT2D eigenvalue weighted by Gasteiger charge is -2.08. The molecule has 0 radical (unpaired) electrons. The molecule has 0 aromatic heterocycles. The third-order valence-corrected chi connectivity index (χ3v) is 2.93. The summed E-state index contributed by atoms with van der Waals surface area (Å²) in [6.07, 6.45) is 4.34. The van der Waals surface area contributed by atoms with Crippen LogP contribution in [0.5, 0.6) is 0 Å². The molecule has 21 heavy (non-hydrogen) atoms. The van der Waals surface area contributed by atoms with E-state index in [9.17, 15) is 9.59 Å². The second-order valence-electron chi connectivity index (χ2n) is 4.79. The van der Waals surface area contributed by atoms with Gasteiger partial charge in [0.05, 0.1) is 6.54 Å². The fourth-order valence-electron chi connectivity index (χ4n) is 1.81. The maximum absolute atomic E-state index is 11.5. The normalized spacial score (nSPS) is 9.95. The number of carbonyl (C=O) groups is 2. The fourth-order valence-corrected chi connectivity index (χ4v) is 1.81. The van der Waals surface area contributed by atoms with Crippen molar-refractivity contribution in [2.45, 2.75) is 39.0 Å². The van der Waals surface area contributed by atoms with E-state index in [1.165, 1.54) is 0 Å². The van der Waals surface area contributed by atoms with E-state index >= 15 is 0 Å². The molecule has 1 aromatic rings. The van der Waals surface area contributed by atoms with Crippen molar-refractivity contribution in [3.63, 3.8) is 0 Å². The average Bonchev–Trinajstić information content (AvgIpc) is 2.49. The number of para-hydroxylation sites is 1. The van der Waals surface area contributed by atoms with Crippen LogP contribution in [0, 0.1) is 0 Å². The average molecular weight is 292 g/mol. The van der Waals surface area contributed by atoms with Crippen molar-refractivity contribution in [1.29, 1.82) is 0 Å². The van der Waals surface area contributed by atoms with Crippen LogP contribution in [0.4, 0.5) is 10.5 Å². The van der Waals surface area contributed by atoms with Crippen LogP contribution >= 0.6 is 0 Å². The van der Waals surface area contributed by atoms with Crippen LogP contribution in [-0.2, 0) is 9.53 Å². The number of ether oxygens (including phenoxy) is 1. The van der Waals surface area contributed by atoms with Gasteiger partial charge in [-0.1, -0.05) is 44.4 Å². The molecule has 0 aliphatic carbocycles. The van der Waals surface area contributed by atoms with Gasteiger partial charge < -0.3 is 10.1 Å². The van der Waals surface area contributed by atoms with Crippen molar-refractivity contribution < 1.29 is 14.3 Å². The topological polar surface area (TPSA) is 67.4 Å². The van der Waals surface area contributed by atoms with Gasteiger partial charge in [0.2, 0.25) is 5.91 Å². The van der Waals surface area contributed by atoms with Crippen LogP contribution < -0.4 is 10.6 Å². The van der Waals surface area contributed by atoms with Crippen LogP contribution in [-0.4, -0.2) is 25.2 Å². The van der Waals surface area contributed by atoms with E-state index in [0.717, 1.165) is 25.7 Å². The molecule has 0 atom stereocenters. The molecule has 0 fully saturated rings. The van der Waals surface area contributed by atoms with Gasteiger partial charge in [-0.15, -0.1) is 0 Å². The van der Waals surface area contributed by atoms with Crippen LogP contribution in [0.3, 0.4) is 0 Å². The van der Waals surface area contributed by atoms with Crippen LogP contribution in [0.15, 0.2) is 30.3 Å². The Morgan fingerprint density at radius 3 is 2.57 bits per heavy atom. The molecule has 2 amide bonds. The summed E-state index contributed by atoms with van der Waals surface area (Å²) in [6, 6.07) is 9.08. The molecule has 0 aliphatic heterocycles. The van der Waals surface area contributed by atoms with Crippen molar-refractivity contribution >= 4 is 17.7 Å². The zero-order valence-corrected chi connectivity index (χ0v) is 12.6. The number of unbranched alkanes of at least 4 members (excludes halogenated alkanes) is 3. The lowest BCUT2D eigenvalue weighted by Crippen LogP contribution is -2.28. The quantitative estimate of drug-likeness (QED) is 0.686. The molecule has 1 rings (SSSR count). The lowest BCUT2D eigenvalue weighted by atomic mass is 10.1. The molecule has 0 unspecified atom stereocenters. The number of benzene rings is 1. The first-order valence-corrected chi connectivity index (χ1v) is 7.48. The van der Waals surface area contributed by atoms with Crippen molar-refractivity contribution in [2.24, 2.45) is 0 Å². The predicted octanol–water partition coefficient (Wildman–Crippen LogP) is 3.32. The Bertz CT molecular complexity index is 421. The Kier molecular flexibility index (Phi) is 8.68. The summed E-state index contributed by atoms with van der Waals surface area (Å²) in [4.78, 5) is 22.9. The van der Waals surface area contributed by atoms with Gasteiger partial charge in [0, 0.05) is 12.1 Å². The van der Waals surface area contributed by atoms with E-state index in [1.807, 2.05) is 18.2 Å². The molecule has 5 nitrogen and oxygen atoms in total. The van der Waals surface area contributed by atoms with E-state index in [-0.39, 0.29) is 12.5 Å². The smallest absolute Gasteiger partial charge is 0.411 e. The Morgan fingerprint density at radius 1 is 1.10 bits per heavy atom. The molecule has 2 N–H and O–H groups in total. The first-order chi connectivity index (χ1) is 10.2. The highest BCUT2D eigenvalue weighted by Crippen LogP contribution is 2.05. The van der Waals surface area contributed by atoms with E-state index in [0.29, 0.717) is 18.7 Å². The first kappa shape index (κ1) is 17.0. The van der Waals surface area contributed by atoms with Gasteiger partial charge in [0.25, 0.3) is 0 Å². The molecule has 116 valence electrons. The Hall–Kier alpha value is -2.04. The molecule has 0 saturated heterocycles. The molecule has 0 heterocycles. The van der Waals surface area contributed by atoms with Gasteiger partial charge in [0.1, 0.15) is 6.61 Å². The summed E-state index contributed by atoms with van der Waals surface area (Å²) in [5.74, 6) is 0.0122. The standard InChI is InChI=1S/C16H24N2O3/c1-2-3-4-8-11-15(19)17-12-13-21-16(20)18-14-9-6-5-7-10-14/h5-7,9-10H,2-4,8,11-13H2,1H3,(H,17,19)(H,18,20). The minimum Gasteiger partial charge on any atom is -0.447 e. The first-order valence-electron chi connectivity index (χ1n) is 7.48. The third-order valence-electron chi connectivity index (χ3n) is 2.93. The molecule has 0 spiro atoms. The van der Waals surface area contributed by atoms with E-state index in [1.54, 1.807) is 12.1 Å². The summed E-state index contributed by atoms with van der Waals surface area (Å²) >= 11 is 0. The van der Waals surface area contributed by atoms with Crippen molar-refractivity contribution in [1.82, 2.24) is 5.32 Å². The highest BCUT2D eigenvalue weighted by atomic mass is 16.5. The molecule has 0 saturated carbocycles. The predicted molar refractivity (Wildman–Crippen MR) is 83.2 cm³/mol. The van der Waals surface area contributed by atoms with E-state index < -0.39 is 6.09 Å². The second kappa shape index (κ2) is 10.7. The van der Waals surface area contributed by atoms with Crippen molar-refractivity contribution in [3.8, 4) is 0 Å². The zero-order chi connectivity index (χ0) is 15.3. The number of nitrogens with one attached hydrogen (secondary N) is 2. The SMILES string of the molecule is CCCCCCC(=O)NCCOC(=O)Nc1ccccc1. The monoisotopic (exact) mass is 292 g/mol. The maximum Gasteiger partial charge on any atom is 0.411 e. The lowest BCUT2D eigenvalue weighted by molar-refractivity contribution is -0.121. The van der Waals surface area contributed by atoms with Crippen LogP contribution in [0.25, 0.3) is 0 Å². The largest absolute Gasteiger partial charge is 0.447 e. The van der Waals surface area contributed by atoms with Gasteiger partial charge in [0.15, 0.2) is 0 Å². The van der Waals surface area contributed by atoms with Gasteiger partial charge in [-0.3, -0.25) is 10.1 Å². The molecule has 0 aliphatic rings. The molecular weight excluding hydrogens is 268 g/mol. The van der Waals surface area contributed by atoms with Gasteiger partial charge in [-0.05, 0) is 18.6 Å². The summed E-state index contributed by atoms with van der Waals surface area (Å²) < 4.78 is 4.97. The Morgan fingerprint density at radius 2 is 1.86 bits per heavy atom. The summed E-state index contributed by atoms with van der Waals surface area (Å²) in [5.41, 5.74) is 0.683. The van der Waals surface area contributed by atoms with E-state index in [2.05, 4.69) is 17.6 Å². The fraction of sp³-hybridized carbons (Fsp3) is 0.500. The number of amides is 2. The summed E-state index contributed by atoms with van der Waals surface area (Å²) in [7, 11) is 0. The number of carbonyl (C=O) groups excluding carboxylic acids is 2. The highest BCUT2D eigenvalue weighted by molar-refractivity contribution is 5.84. The van der Waals surface area contributed by atoms with E-state index in [4.69, 9.17) is 4.74 Å². The van der Waals surface area contributed by atoms with Gasteiger partial charge in [-0.25, -0.2) is 4.79 Å². The Labute approximate surface area is 126 Å². The second-order valence-corrected chi connectivity index (χ2v) is 4.79. The molecular formula is C16H24N2O3. The minimum atomic E-state index is -0.515. The van der Waals surface area contributed by atoms with Gasteiger partial charge >= 0.3 is 6.09 Å². The van der Waals surface area contributed by atoms with Crippen LogP contribution in [0.1, 0.15) is 39.0 Å². The van der Waals surface area contributed by atoms with Crippen molar-refractivity contribution in [3.05, 3.63) is 30.3 Å². The van der Waals surface area contributed by atoms with Gasteiger partial charge in [-0.2, -0.15) is 0 Å². The number of hydrogen-bond donors (Lipinski definition) is 2. The molecule has 0 bridgehead atoms. The molecule has 5 heteroatoms. The number of anilines is 1.